The number of benzene rings is 1. The number of thiophene rings is 1. The molecule has 2 aromatic heterocycles. The maximum atomic E-state index is 12.2. The van der Waals surface area contributed by atoms with Gasteiger partial charge in [-0.2, -0.15) is 0 Å². The Morgan fingerprint density at radius 2 is 2.09 bits per heavy atom. The summed E-state index contributed by atoms with van der Waals surface area (Å²) in [6, 6.07) is 11.5. The molecule has 3 rings (SSSR count). The van der Waals surface area contributed by atoms with E-state index < -0.39 is 0 Å². The van der Waals surface area contributed by atoms with Crippen molar-refractivity contribution in [3.8, 4) is 0 Å². The molecule has 0 spiro atoms. The topological polar surface area (TPSA) is 64.0 Å². The van der Waals surface area contributed by atoms with Crippen LogP contribution in [0, 0.1) is 0 Å². The van der Waals surface area contributed by atoms with Gasteiger partial charge >= 0.3 is 0 Å². The number of carbonyl (C=O) groups is 1. The summed E-state index contributed by atoms with van der Waals surface area (Å²) in [6.45, 7) is 2.27. The molecule has 2 heterocycles. The lowest BCUT2D eigenvalue weighted by molar-refractivity contribution is -0.121. The molecule has 0 saturated heterocycles. The lowest BCUT2D eigenvalue weighted by Gasteiger charge is -2.14. The molecule has 0 radical (unpaired) electrons. The van der Waals surface area contributed by atoms with E-state index in [4.69, 9.17) is 0 Å². The molecule has 3 aromatic rings. The molecule has 1 aromatic carbocycles. The maximum Gasteiger partial charge on any atom is 0.262 e. The Hall–Kier alpha value is -2.47. The molecule has 5 nitrogen and oxygen atoms in total. The predicted octanol–water partition coefficient (Wildman–Crippen LogP) is 2.73. The van der Waals surface area contributed by atoms with Gasteiger partial charge in [-0.25, -0.2) is 4.98 Å². The highest BCUT2D eigenvalue weighted by Crippen LogP contribution is 2.13. The van der Waals surface area contributed by atoms with E-state index in [-0.39, 0.29) is 23.9 Å². The van der Waals surface area contributed by atoms with Crippen molar-refractivity contribution in [1.82, 2.24) is 14.9 Å². The average molecular weight is 327 g/mol. The minimum Gasteiger partial charge on any atom is -0.350 e. The van der Waals surface area contributed by atoms with Gasteiger partial charge in [0.2, 0.25) is 5.91 Å². The van der Waals surface area contributed by atoms with Crippen molar-refractivity contribution in [3.05, 3.63) is 64.0 Å². The van der Waals surface area contributed by atoms with Crippen LogP contribution in [0.4, 0.5) is 0 Å². The van der Waals surface area contributed by atoms with Crippen molar-refractivity contribution in [1.29, 1.82) is 0 Å². The third kappa shape index (κ3) is 3.48. The van der Waals surface area contributed by atoms with Crippen molar-refractivity contribution in [3.63, 3.8) is 0 Å². The fourth-order valence-electron chi connectivity index (χ4n) is 2.41. The lowest BCUT2D eigenvalue weighted by Crippen LogP contribution is -2.29. The molecule has 0 unspecified atom stereocenters. The van der Waals surface area contributed by atoms with Crippen molar-refractivity contribution < 1.29 is 4.79 Å². The zero-order valence-corrected chi connectivity index (χ0v) is 13.5. The molecule has 0 aliphatic heterocycles. The first kappa shape index (κ1) is 15.4. The summed E-state index contributed by atoms with van der Waals surface area (Å²) in [5.41, 5.74) is 0.958. The summed E-state index contributed by atoms with van der Waals surface area (Å²) in [5.74, 6) is -0.0846. The van der Waals surface area contributed by atoms with Crippen LogP contribution >= 0.6 is 11.3 Å². The fourth-order valence-corrected chi connectivity index (χ4v) is 3.14. The van der Waals surface area contributed by atoms with Gasteiger partial charge in [0.1, 0.15) is 4.83 Å². The van der Waals surface area contributed by atoms with Crippen LogP contribution < -0.4 is 10.9 Å². The van der Waals surface area contributed by atoms with E-state index in [2.05, 4.69) is 10.3 Å². The van der Waals surface area contributed by atoms with Crippen LogP contribution in [0.2, 0.25) is 0 Å². The van der Waals surface area contributed by atoms with Crippen molar-refractivity contribution >= 4 is 27.5 Å². The summed E-state index contributed by atoms with van der Waals surface area (Å²) >= 11 is 1.44. The van der Waals surface area contributed by atoms with Gasteiger partial charge < -0.3 is 5.32 Å². The van der Waals surface area contributed by atoms with Crippen LogP contribution in [0.5, 0.6) is 0 Å². The van der Waals surface area contributed by atoms with E-state index in [0.29, 0.717) is 11.9 Å². The second-order valence-corrected chi connectivity index (χ2v) is 6.23. The van der Waals surface area contributed by atoms with Crippen molar-refractivity contribution in [2.45, 2.75) is 25.9 Å². The van der Waals surface area contributed by atoms with Gasteiger partial charge in [-0.3, -0.25) is 14.2 Å². The van der Waals surface area contributed by atoms with Gasteiger partial charge in [-0.15, -0.1) is 11.3 Å². The van der Waals surface area contributed by atoms with Crippen molar-refractivity contribution in [2.24, 2.45) is 0 Å². The minimum absolute atomic E-state index is 0.0575. The lowest BCUT2D eigenvalue weighted by atomic mass is 10.1. The standard InChI is InChI=1S/C17H17N3O2S/c1-12(13-5-3-2-4-6-13)19-15(21)7-9-20-11-18-16-14(17(20)22)8-10-23-16/h2-6,8,10-12H,7,9H2,1H3,(H,19,21)/t12-/m1/s1. The summed E-state index contributed by atoms with van der Waals surface area (Å²) < 4.78 is 1.49. The summed E-state index contributed by atoms with van der Waals surface area (Å²) in [6.07, 6.45) is 1.75. The van der Waals surface area contributed by atoms with Gasteiger partial charge in [-0.1, -0.05) is 30.3 Å². The van der Waals surface area contributed by atoms with Crippen LogP contribution in [0.25, 0.3) is 10.2 Å². The molecule has 23 heavy (non-hydrogen) atoms. The van der Waals surface area contributed by atoms with E-state index in [0.717, 1.165) is 10.4 Å². The van der Waals surface area contributed by atoms with Crippen LogP contribution in [-0.2, 0) is 11.3 Å². The van der Waals surface area contributed by atoms with E-state index >= 15 is 0 Å². The SMILES string of the molecule is C[C@@H](NC(=O)CCn1cnc2sccc2c1=O)c1ccccc1. The number of rotatable bonds is 5. The minimum atomic E-state index is -0.0971. The normalized spacial score (nSPS) is 12.2. The highest BCUT2D eigenvalue weighted by Gasteiger charge is 2.10. The van der Waals surface area contributed by atoms with E-state index in [1.807, 2.05) is 42.6 Å². The van der Waals surface area contributed by atoms with Crippen molar-refractivity contribution in [2.75, 3.05) is 0 Å². The second-order valence-electron chi connectivity index (χ2n) is 5.33. The number of aryl methyl sites for hydroxylation is 1. The molecule has 118 valence electrons. The zero-order chi connectivity index (χ0) is 16.2. The third-order valence-electron chi connectivity index (χ3n) is 3.71. The number of nitrogens with zero attached hydrogens (tertiary/aromatic N) is 2. The predicted molar refractivity (Wildman–Crippen MR) is 91.5 cm³/mol. The highest BCUT2D eigenvalue weighted by atomic mass is 32.1. The number of hydrogen-bond acceptors (Lipinski definition) is 4. The number of hydrogen-bond donors (Lipinski definition) is 1. The third-order valence-corrected chi connectivity index (χ3v) is 4.53. The number of carbonyl (C=O) groups excluding carboxylic acids is 1. The summed E-state index contributed by atoms with van der Waals surface area (Å²) in [4.78, 5) is 29.3. The van der Waals surface area contributed by atoms with Gasteiger partial charge in [0.15, 0.2) is 0 Å². The number of amides is 1. The first-order valence-corrected chi connectivity index (χ1v) is 8.30. The summed E-state index contributed by atoms with van der Waals surface area (Å²) in [5, 5.41) is 5.40. The van der Waals surface area contributed by atoms with Crippen LogP contribution in [0.3, 0.4) is 0 Å². The molecular weight excluding hydrogens is 310 g/mol. The molecule has 0 aliphatic rings. The molecule has 0 bridgehead atoms. The maximum absolute atomic E-state index is 12.2. The van der Waals surface area contributed by atoms with Gasteiger partial charge in [0.25, 0.3) is 5.56 Å². The van der Waals surface area contributed by atoms with E-state index in [1.54, 1.807) is 6.07 Å². The zero-order valence-electron chi connectivity index (χ0n) is 12.7. The quantitative estimate of drug-likeness (QED) is 0.784. The Labute approximate surface area is 137 Å². The Morgan fingerprint density at radius 1 is 1.30 bits per heavy atom. The van der Waals surface area contributed by atoms with E-state index in [9.17, 15) is 9.59 Å². The first-order chi connectivity index (χ1) is 11.1. The van der Waals surface area contributed by atoms with Crippen LogP contribution in [0.15, 0.2) is 52.9 Å². The molecule has 0 saturated carbocycles. The second kappa shape index (κ2) is 6.75. The number of aromatic nitrogens is 2. The Morgan fingerprint density at radius 3 is 2.87 bits per heavy atom. The first-order valence-electron chi connectivity index (χ1n) is 7.42. The fraction of sp³-hybridized carbons (Fsp3) is 0.235. The molecule has 0 aliphatic carbocycles. The number of nitrogens with one attached hydrogen (secondary N) is 1. The Kier molecular flexibility index (Phi) is 4.52. The van der Waals surface area contributed by atoms with Crippen LogP contribution in [-0.4, -0.2) is 15.5 Å². The Balaban J connectivity index is 1.62. The van der Waals surface area contributed by atoms with Gasteiger partial charge in [0, 0.05) is 13.0 Å². The molecule has 1 N–H and O–H groups in total. The average Bonchev–Trinajstić information content (AvgIpc) is 3.04. The molecule has 6 heteroatoms. The molecule has 1 amide bonds. The van der Waals surface area contributed by atoms with Gasteiger partial charge in [0.05, 0.1) is 17.8 Å². The molecule has 0 fully saturated rings. The van der Waals surface area contributed by atoms with E-state index in [1.165, 1.54) is 22.2 Å². The Bertz CT molecular complexity index is 870. The largest absolute Gasteiger partial charge is 0.350 e. The van der Waals surface area contributed by atoms with Crippen LogP contribution in [0.1, 0.15) is 24.9 Å². The highest BCUT2D eigenvalue weighted by molar-refractivity contribution is 7.16. The summed E-state index contributed by atoms with van der Waals surface area (Å²) in [7, 11) is 0. The molecular formula is C17H17N3O2S. The molecule has 1 atom stereocenters. The number of fused-ring (bicyclic) bond motifs is 1. The monoisotopic (exact) mass is 327 g/mol. The van der Waals surface area contributed by atoms with Gasteiger partial charge in [-0.05, 0) is 23.9 Å². The smallest absolute Gasteiger partial charge is 0.262 e.